The summed E-state index contributed by atoms with van der Waals surface area (Å²) in [6, 6.07) is 8.78. The van der Waals surface area contributed by atoms with Crippen LogP contribution in [0.4, 0.5) is 0 Å². The summed E-state index contributed by atoms with van der Waals surface area (Å²) < 4.78 is 0. The zero-order valence-electron chi connectivity index (χ0n) is 11.6. The van der Waals surface area contributed by atoms with Gasteiger partial charge in [0.2, 0.25) is 0 Å². The van der Waals surface area contributed by atoms with E-state index in [2.05, 4.69) is 38.1 Å². The van der Waals surface area contributed by atoms with Crippen molar-refractivity contribution in [1.82, 2.24) is 0 Å². The third kappa shape index (κ3) is 2.33. The van der Waals surface area contributed by atoms with Crippen LogP contribution in [0.15, 0.2) is 24.3 Å². The van der Waals surface area contributed by atoms with E-state index in [0.29, 0.717) is 5.41 Å². The summed E-state index contributed by atoms with van der Waals surface area (Å²) in [6.07, 6.45) is 7.21. The molecular formula is C17H24O. The third-order valence-electron chi connectivity index (χ3n) is 4.85. The lowest BCUT2D eigenvalue weighted by molar-refractivity contribution is 0.151. The first kappa shape index (κ1) is 12.2. The van der Waals surface area contributed by atoms with Crippen LogP contribution in [-0.4, -0.2) is 5.11 Å². The molecular weight excluding hydrogens is 220 g/mol. The Kier molecular flexibility index (Phi) is 2.78. The van der Waals surface area contributed by atoms with Crippen molar-refractivity contribution in [3.05, 3.63) is 35.4 Å². The van der Waals surface area contributed by atoms with Crippen LogP contribution in [-0.2, 0) is 5.60 Å². The molecule has 2 aliphatic rings. The van der Waals surface area contributed by atoms with E-state index in [-0.39, 0.29) is 0 Å². The fraction of sp³-hybridized carbons (Fsp3) is 0.647. The summed E-state index contributed by atoms with van der Waals surface area (Å²) >= 11 is 0. The minimum Gasteiger partial charge on any atom is -0.385 e. The highest BCUT2D eigenvalue weighted by Crippen LogP contribution is 2.47. The topological polar surface area (TPSA) is 20.2 Å². The van der Waals surface area contributed by atoms with E-state index in [1.165, 1.54) is 31.2 Å². The van der Waals surface area contributed by atoms with Gasteiger partial charge < -0.3 is 5.11 Å². The Labute approximate surface area is 110 Å². The van der Waals surface area contributed by atoms with E-state index < -0.39 is 5.60 Å². The maximum absolute atomic E-state index is 10.1. The molecule has 0 bridgehead atoms. The largest absolute Gasteiger partial charge is 0.385 e. The average Bonchev–Trinajstić information content (AvgIpc) is 3.08. The summed E-state index contributed by atoms with van der Waals surface area (Å²) in [5, 5.41) is 10.1. The van der Waals surface area contributed by atoms with Gasteiger partial charge in [-0.1, -0.05) is 44.5 Å². The number of rotatable bonds is 2. The Morgan fingerprint density at radius 3 is 2.28 bits per heavy atom. The smallest absolute Gasteiger partial charge is 0.0899 e. The van der Waals surface area contributed by atoms with E-state index >= 15 is 0 Å². The molecule has 1 N–H and O–H groups in total. The van der Waals surface area contributed by atoms with Crippen molar-refractivity contribution in [2.45, 2.75) is 63.9 Å². The monoisotopic (exact) mass is 244 g/mol. The molecule has 1 nitrogen and oxygen atoms in total. The van der Waals surface area contributed by atoms with Crippen LogP contribution in [0.5, 0.6) is 0 Å². The van der Waals surface area contributed by atoms with Gasteiger partial charge >= 0.3 is 0 Å². The van der Waals surface area contributed by atoms with Gasteiger partial charge in [0.1, 0.15) is 0 Å². The summed E-state index contributed by atoms with van der Waals surface area (Å²) in [5.41, 5.74) is 2.60. The van der Waals surface area contributed by atoms with Crippen molar-refractivity contribution < 1.29 is 5.11 Å². The number of hydrogen-bond acceptors (Lipinski definition) is 1. The Morgan fingerprint density at radius 2 is 1.72 bits per heavy atom. The first-order chi connectivity index (χ1) is 8.49. The summed E-state index contributed by atoms with van der Waals surface area (Å²) in [5.74, 6) is 0.719. The van der Waals surface area contributed by atoms with Gasteiger partial charge in [0.15, 0.2) is 0 Å². The van der Waals surface area contributed by atoms with E-state index in [0.717, 1.165) is 24.3 Å². The van der Waals surface area contributed by atoms with Crippen molar-refractivity contribution >= 4 is 0 Å². The van der Waals surface area contributed by atoms with Crippen LogP contribution in [0, 0.1) is 5.41 Å². The fourth-order valence-corrected chi connectivity index (χ4v) is 3.46. The van der Waals surface area contributed by atoms with Crippen LogP contribution in [0.1, 0.15) is 69.4 Å². The number of hydrogen-bond donors (Lipinski definition) is 1. The minimum absolute atomic E-state index is 0.482. The van der Waals surface area contributed by atoms with Gasteiger partial charge in [0.25, 0.3) is 0 Å². The van der Waals surface area contributed by atoms with Gasteiger partial charge in [0.05, 0.1) is 5.60 Å². The van der Waals surface area contributed by atoms with Crippen LogP contribution >= 0.6 is 0 Å². The van der Waals surface area contributed by atoms with Crippen molar-refractivity contribution in [3.63, 3.8) is 0 Å². The van der Waals surface area contributed by atoms with E-state index in [9.17, 15) is 5.11 Å². The van der Waals surface area contributed by atoms with Gasteiger partial charge in [-0.3, -0.25) is 0 Å². The molecule has 1 heteroatoms. The molecule has 0 radical (unpaired) electrons. The summed E-state index contributed by atoms with van der Waals surface area (Å²) in [7, 11) is 0. The average molecular weight is 244 g/mol. The molecule has 0 spiro atoms. The molecule has 0 heterocycles. The molecule has 0 amide bonds. The first-order valence-electron chi connectivity index (χ1n) is 7.31. The molecule has 1 aromatic rings. The number of benzene rings is 1. The molecule has 0 aromatic heterocycles. The minimum atomic E-state index is -0.482. The molecule has 2 saturated carbocycles. The Balaban J connectivity index is 1.76. The van der Waals surface area contributed by atoms with Gasteiger partial charge in [-0.05, 0) is 54.6 Å². The zero-order chi connectivity index (χ0) is 12.8. The van der Waals surface area contributed by atoms with Crippen molar-refractivity contribution in [1.29, 1.82) is 0 Å². The maximum Gasteiger partial charge on any atom is 0.0899 e. The second-order valence-corrected chi connectivity index (χ2v) is 7.11. The standard InChI is InChI=1S/C17H24O/c1-16(2)9-3-4-14(12-16)13-5-7-15(8-6-13)17(18)10-11-17/h5-8,14,18H,3-4,9-12H2,1-2H3. The number of aliphatic hydroxyl groups is 1. The zero-order valence-corrected chi connectivity index (χ0v) is 11.6. The van der Waals surface area contributed by atoms with E-state index in [1.807, 2.05) is 0 Å². The fourth-order valence-electron chi connectivity index (χ4n) is 3.46. The van der Waals surface area contributed by atoms with Crippen LogP contribution in [0.2, 0.25) is 0 Å². The molecule has 2 fully saturated rings. The van der Waals surface area contributed by atoms with Gasteiger partial charge in [0, 0.05) is 0 Å². The summed E-state index contributed by atoms with van der Waals surface area (Å²) in [6.45, 7) is 4.78. The van der Waals surface area contributed by atoms with Gasteiger partial charge in [-0.15, -0.1) is 0 Å². The molecule has 0 aliphatic heterocycles. The molecule has 1 aromatic carbocycles. The molecule has 98 valence electrons. The second kappa shape index (κ2) is 4.09. The van der Waals surface area contributed by atoms with Gasteiger partial charge in [-0.25, -0.2) is 0 Å². The quantitative estimate of drug-likeness (QED) is 0.820. The SMILES string of the molecule is CC1(C)CCCC(c2ccc(C3(O)CC3)cc2)C1. The third-order valence-corrected chi connectivity index (χ3v) is 4.85. The molecule has 2 aliphatic carbocycles. The highest BCUT2D eigenvalue weighted by Gasteiger charge is 2.42. The Hall–Kier alpha value is -0.820. The molecule has 0 saturated heterocycles. The van der Waals surface area contributed by atoms with E-state index in [4.69, 9.17) is 0 Å². The Bertz CT molecular complexity index is 425. The lowest BCUT2D eigenvalue weighted by Gasteiger charge is -2.35. The van der Waals surface area contributed by atoms with Crippen LogP contribution < -0.4 is 0 Å². The normalized spacial score (nSPS) is 28.9. The van der Waals surface area contributed by atoms with Crippen molar-refractivity contribution in [2.75, 3.05) is 0 Å². The van der Waals surface area contributed by atoms with Gasteiger partial charge in [-0.2, -0.15) is 0 Å². The Morgan fingerprint density at radius 1 is 1.06 bits per heavy atom. The molecule has 1 atom stereocenters. The predicted octanol–water partition coefficient (Wildman–Crippen LogP) is 4.35. The maximum atomic E-state index is 10.1. The lowest BCUT2D eigenvalue weighted by Crippen LogP contribution is -2.21. The molecule has 1 unspecified atom stereocenters. The van der Waals surface area contributed by atoms with E-state index in [1.54, 1.807) is 0 Å². The molecule has 3 rings (SSSR count). The predicted molar refractivity (Wildman–Crippen MR) is 74.6 cm³/mol. The van der Waals surface area contributed by atoms with Crippen molar-refractivity contribution in [2.24, 2.45) is 5.41 Å². The summed E-state index contributed by atoms with van der Waals surface area (Å²) in [4.78, 5) is 0. The lowest BCUT2D eigenvalue weighted by atomic mass is 9.70. The van der Waals surface area contributed by atoms with Crippen LogP contribution in [0.3, 0.4) is 0 Å². The van der Waals surface area contributed by atoms with Crippen molar-refractivity contribution in [3.8, 4) is 0 Å². The first-order valence-corrected chi connectivity index (χ1v) is 7.31. The second-order valence-electron chi connectivity index (χ2n) is 7.11. The molecule has 18 heavy (non-hydrogen) atoms. The highest BCUT2D eigenvalue weighted by molar-refractivity contribution is 5.32. The highest BCUT2D eigenvalue weighted by atomic mass is 16.3. The van der Waals surface area contributed by atoms with Crippen LogP contribution in [0.25, 0.3) is 0 Å².